The normalized spacial score (nSPS) is 13.8. The van der Waals surface area contributed by atoms with Gasteiger partial charge in [0.15, 0.2) is 0 Å². The van der Waals surface area contributed by atoms with E-state index in [1.54, 1.807) is 12.4 Å². The summed E-state index contributed by atoms with van der Waals surface area (Å²) < 4.78 is 0. The number of nitrogens with zero attached hydrogens (tertiary/aromatic N) is 5. The highest BCUT2D eigenvalue weighted by atomic mass is 35.5. The molecule has 9 heteroatoms. The van der Waals surface area contributed by atoms with Crippen LogP contribution in [0.25, 0.3) is 22.2 Å². The molecule has 1 aliphatic rings. The van der Waals surface area contributed by atoms with E-state index in [1.165, 1.54) is 6.08 Å². The van der Waals surface area contributed by atoms with Crippen LogP contribution in [-0.4, -0.2) is 59.0 Å². The summed E-state index contributed by atoms with van der Waals surface area (Å²) in [5.41, 5.74) is 5.61. The van der Waals surface area contributed by atoms with Gasteiger partial charge < -0.3 is 20.4 Å². The number of rotatable bonds is 7. The molecule has 0 bridgehead atoms. The lowest BCUT2D eigenvalue weighted by Crippen LogP contribution is -2.56. The number of anilines is 4. The van der Waals surface area contributed by atoms with Gasteiger partial charge in [-0.1, -0.05) is 30.3 Å². The monoisotopic (exact) mass is 499 g/mol. The summed E-state index contributed by atoms with van der Waals surface area (Å²) in [6.45, 7) is 5.52. The van der Waals surface area contributed by atoms with Crippen LogP contribution in [-0.2, 0) is 4.79 Å². The number of carbonyl (C=O) groups is 1. The Hall–Kier alpha value is -4.01. The zero-order chi connectivity index (χ0) is 25.2. The highest BCUT2D eigenvalue weighted by Gasteiger charge is 2.28. The van der Waals surface area contributed by atoms with Gasteiger partial charge in [-0.3, -0.25) is 9.78 Å². The predicted molar refractivity (Wildman–Crippen MR) is 146 cm³/mol. The van der Waals surface area contributed by atoms with Gasteiger partial charge in [0.05, 0.1) is 23.6 Å². The van der Waals surface area contributed by atoms with E-state index < -0.39 is 0 Å². The first-order valence-corrected chi connectivity index (χ1v) is 11.9. The lowest BCUT2D eigenvalue weighted by atomic mass is 10.1. The SMILES string of the molecule is C=CC(=O)Nc1cc(Nc2ncc3nccc(-c4cccc(Cl)c4)c3n2)ccc1N(C)C1CN(C)C1. The highest BCUT2D eigenvalue weighted by molar-refractivity contribution is 6.30. The molecule has 0 unspecified atom stereocenters. The summed E-state index contributed by atoms with van der Waals surface area (Å²) in [6, 6.07) is 15.7. The molecular formula is C27H26ClN7O. The molecule has 3 heterocycles. The molecule has 2 aromatic carbocycles. The number of benzene rings is 2. The number of carbonyl (C=O) groups excluding carboxylic acids is 1. The Balaban J connectivity index is 1.48. The second-order valence-corrected chi connectivity index (χ2v) is 9.27. The van der Waals surface area contributed by atoms with Crippen molar-refractivity contribution >= 4 is 51.6 Å². The Morgan fingerprint density at radius 2 is 2.03 bits per heavy atom. The molecule has 1 amide bonds. The molecular weight excluding hydrogens is 474 g/mol. The molecule has 8 nitrogen and oxygen atoms in total. The van der Waals surface area contributed by atoms with Crippen molar-refractivity contribution in [2.45, 2.75) is 6.04 Å². The quantitative estimate of drug-likeness (QED) is 0.347. The first kappa shape index (κ1) is 23.7. The third-order valence-electron chi connectivity index (χ3n) is 6.28. The molecule has 0 saturated carbocycles. The lowest BCUT2D eigenvalue weighted by molar-refractivity contribution is -0.111. The Morgan fingerprint density at radius 3 is 2.78 bits per heavy atom. The number of fused-ring (bicyclic) bond motifs is 1. The predicted octanol–water partition coefficient (Wildman–Crippen LogP) is 4.96. The molecule has 2 aromatic heterocycles. The van der Waals surface area contributed by atoms with Crippen molar-refractivity contribution in [1.29, 1.82) is 0 Å². The molecule has 0 radical (unpaired) electrons. The van der Waals surface area contributed by atoms with Gasteiger partial charge in [0.1, 0.15) is 11.0 Å². The van der Waals surface area contributed by atoms with Gasteiger partial charge in [0.25, 0.3) is 0 Å². The van der Waals surface area contributed by atoms with Crippen LogP contribution in [0.15, 0.2) is 73.6 Å². The zero-order valence-electron chi connectivity index (χ0n) is 20.1. The van der Waals surface area contributed by atoms with E-state index in [9.17, 15) is 4.79 Å². The highest BCUT2D eigenvalue weighted by Crippen LogP contribution is 2.33. The van der Waals surface area contributed by atoms with E-state index in [1.807, 2.05) is 55.6 Å². The van der Waals surface area contributed by atoms with E-state index in [4.69, 9.17) is 16.6 Å². The van der Waals surface area contributed by atoms with E-state index >= 15 is 0 Å². The first-order chi connectivity index (χ1) is 17.4. The molecule has 0 spiro atoms. The van der Waals surface area contributed by atoms with E-state index in [0.29, 0.717) is 33.7 Å². The number of halogens is 1. The van der Waals surface area contributed by atoms with Crippen molar-refractivity contribution in [3.05, 3.63) is 78.6 Å². The van der Waals surface area contributed by atoms with Gasteiger partial charge >= 0.3 is 0 Å². The molecule has 0 atom stereocenters. The Morgan fingerprint density at radius 1 is 1.19 bits per heavy atom. The second kappa shape index (κ2) is 9.93. The number of likely N-dealkylation sites (N-methyl/N-ethyl adjacent to an activating group) is 2. The van der Waals surface area contributed by atoms with Gasteiger partial charge in [0.2, 0.25) is 11.9 Å². The van der Waals surface area contributed by atoms with Gasteiger partial charge in [-0.05, 0) is 55.1 Å². The molecule has 182 valence electrons. The molecule has 4 aromatic rings. The number of likely N-dealkylation sites (tertiary alicyclic amines) is 1. The van der Waals surface area contributed by atoms with Gasteiger partial charge in [-0.15, -0.1) is 0 Å². The molecule has 2 N–H and O–H groups in total. The summed E-state index contributed by atoms with van der Waals surface area (Å²) in [6.07, 6.45) is 4.69. The Bertz CT molecular complexity index is 1450. The third-order valence-corrected chi connectivity index (χ3v) is 6.52. The lowest BCUT2D eigenvalue weighted by Gasteiger charge is -2.43. The van der Waals surface area contributed by atoms with Crippen molar-refractivity contribution in [1.82, 2.24) is 19.9 Å². The van der Waals surface area contributed by atoms with E-state index in [0.717, 1.165) is 35.6 Å². The maximum Gasteiger partial charge on any atom is 0.247 e. The summed E-state index contributed by atoms with van der Waals surface area (Å²) in [4.78, 5) is 30.2. The van der Waals surface area contributed by atoms with E-state index in [2.05, 4.69) is 44.0 Å². The number of nitrogens with one attached hydrogen (secondary N) is 2. The molecule has 1 aliphatic heterocycles. The second-order valence-electron chi connectivity index (χ2n) is 8.83. The number of hydrogen-bond acceptors (Lipinski definition) is 7. The minimum Gasteiger partial charge on any atom is -0.367 e. The summed E-state index contributed by atoms with van der Waals surface area (Å²) in [5, 5.41) is 6.85. The smallest absolute Gasteiger partial charge is 0.247 e. The number of amides is 1. The van der Waals surface area contributed by atoms with Crippen LogP contribution in [0.3, 0.4) is 0 Å². The fraction of sp³-hybridized carbons (Fsp3) is 0.185. The van der Waals surface area contributed by atoms with Crippen LogP contribution in [0, 0.1) is 0 Å². The fourth-order valence-electron chi connectivity index (χ4n) is 4.33. The van der Waals surface area contributed by atoms with Crippen molar-refractivity contribution in [3.63, 3.8) is 0 Å². The third kappa shape index (κ3) is 4.86. The number of pyridine rings is 1. The molecule has 36 heavy (non-hydrogen) atoms. The standard InChI is InChI=1S/C27H26ClN7O/c1-4-25(36)32-22-13-19(8-9-24(22)35(3)20-15-34(2)16-20)31-27-30-14-23-26(33-27)21(10-11-29-23)17-6-5-7-18(28)12-17/h4-14,20H,1,15-16H2,2-3H3,(H,32,36)(H,30,31,33). The maximum absolute atomic E-state index is 12.2. The first-order valence-electron chi connectivity index (χ1n) is 11.5. The number of hydrogen-bond donors (Lipinski definition) is 2. The fourth-order valence-corrected chi connectivity index (χ4v) is 4.52. The van der Waals surface area contributed by atoms with Crippen LogP contribution in [0.5, 0.6) is 0 Å². The van der Waals surface area contributed by atoms with Gasteiger partial charge in [-0.2, -0.15) is 0 Å². The van der Waals surface area contributed by atoms with Crippen LogP contribution in [0.4, 0.5) is 23.0 Å². The van der Waals surface area contributed by atoms with Crippen molar-refractivity contribution in [2.75, 3.05) is 42.7 Å². The topological polar surface area (TPSA) is 86.3 Å². The average Bonchev–Trinajstić information content (AvgIpc) is 2.86. The zero-order valence-corrected chi connectivity index (χ0v) is 20.8. The van der Waals surface area contributed by atoms with Crippen molar-refractivity contribution < 1.29 is 4.79 Å². The minimum atomic E-state index is -0.272. The average molecular weight is 500 g/mol. The minimum absolute atomic E-state index is 0.272. The summed E-state index contributed by atoms with van der Waals surface area (Å²) >= 11 is 6.22. The van der Waals surface area contributed by atoms with Crippen molar-refractivity contribution in [2.24, 2.45) is 0 Å². The summed E-state index contributed by atoms with van der Waals surface area (Å²) in [7, 11) is 4.13. The van der Waals surface area contributed by atoms with E-state index in [-0.39, 0.29) is 5.91 Å². The van der Waals surface area contributed by atoms with Crippen LogP contribution >= 0.6 is 11.6 Å². The van der Waals surface area contributed by atoms with Gasteiger partial charge in [-0.25, -0.2) is 9.97 Å². The Kier molecular flexibility index (Phi) is 6.54. The largest absolute Gasteiger partial charge is 0.367 e. The Labute approximate surface area is 214 Å². The summed E-state index contributed by atoms with van der Waals surface area (Å²) in [5.74, 6) is 0.146. The van der Waals surface area contributed by atoms with Crippen LogP contribution < -0.4 is 15.5 Å². The van der Waals surface area contributed by atoms with Crippen molar-refractivity contribution in [3.8, 4) is 11.1 Å². The number of aromatic nitrogens is 3. The molecule has 1 fully saturated rings. The van der Waals surface area contributed by atoms with Crippen LogP contribution in [0.2, 0.25) is 5.02 Å². The molecule has 1 saturated heterocycles. The maximum atomic E-state index is 12.2. The van der Waals surface area contributed by atoms with Crippen LogP contribution in [0.1, 0.15) is 0 Å². The molecule has 5 rings (SSSR count). The molecule has 0 aliphatic carbocycles. The van der Waals surface area contributed by atoms with Gasteiger partial charge in [0, 0.05) is 42.6 Å².